The van der Waals surface area contributed by atoms with Gasteiger partial charge in [0.25, 0.3) is 0 Å². The van der Waals surface area contributed by atoms with Gasteiger partial charge in [-0.05, 0) is 5.56 Å². The predicted octanol–water partition coefficient (Wildman–Crippen LogP) is 1.59. The lowest BCUT2D eigenvalue weighted by Gasteiger charge is -2.18. The number of rotatable bonds is 8. The summed E-state index contributed by atoms with van der Waals surface area (Å²) >= 11 is 0. The summed E-state index contributed by atoms with van der Waals surface area (Å²) in [6, 6.07) is 8.97. The van der Waals surface area contributed by atoms with Crippen LogP contribution in [0.25, 0.3) is 0 Å². The van der Waals surface area contributed by atoms with Crippen molar-refractivity contribution in [2.45, 2.75) is 18.9 Å². The summed E-state index contributed by atoms with van der Waals surface area (Å²) in [5.41, 5.74) is 0.991. The normalized spacial score (nSPS) is 11.2. The van der Waals surface area contributed by atoms with E-state index in [-0.39, 0.29) is 18.2 Å². The number of carbonyl (C=O) groups excluding carboxylic acids is 2. The van der Waals surface area contributed by atoms with Crippen LogP contribution >= 0.6 is 0 Å². The molecule has 0 bridgehead atoms. The number of amides is 2. The predicted molar refractivity (Wildman–Crippen MR) is 80.1 cm³/mol. The fourth-order valence-electron chi connectivity index (χ4n) is 1.74. The molecular weight excluding hydrogens is 252 g/mol. The minimum atomic E-state index is -0.593. The highest BCUT2D eigenvalue weighted by atomic mass is 16.2. The van der Waals surface area contributed by atoms with Gasteiger partial charge in [0.05, 0.1) is 0 Å². The lowest BCUT2D eigenvalue weighted by Crippen LogP contribution is -2.47. The molecule has 0 saturated carbocycles. The van der Waals surface area contributed by atoms with Crippen LogP contribution in [0.4, 0.5) is 0 Å². The van der Waals surface area contributed by atoms with Gasteiger partial charge in [0.1, 0.15) is 6.04 Å². The van der Waals surface area contributed by atoms with Gasteiger partial charge in [-0.1, -0.05) is 42.5 Å². The van der Waals surface area contributed by atoms with E-state index in [1.807, 2.05) is 30.3 Å². The van der Waals surface area contributed by atoms with Gasteiger partial charge < -0.3 is 10.6 Å². The summed E-state index contributed by atoms with van der Waals surface area (Å²) in [4.78, 5) is 23.7. The van der Waals surface area contributed by atoms with E-state index in [2.05, 4.69) is 23.8 Å². The van der Waals surface area contributed by atoms with E-state index in [1.54, 1.807) is 6.08 Å². The molecule has 1 atom stereocenters. The zero-order valence-corrected chi connectivity index (χ0v) is 11.5. The molecule has 20 heavy (non-hydrogen) atoms. The summed E-state index contributed by atoms with van der Waals surface area (Å²) in [5, 5.41) is 5.42. The molecule has 0 spiro atoms. The van der Waals surface area contributed by atoms with E-state index < -0.39 is 6.04 Å². The highest BCUT2D eigenvalue weighted by molar-refractivity contribution is 5.88. The molecule has 2 amide bonds. The Morgan fingerprint density at radius 1 is 1.15 bits per heavy atom. The van der Waals surface area contributed by atoms with Crippen LogP contribution in [0.3, 0.4) is 0 Å². The van der Waals surface area contributed by atoms with E-state index in [9.17, 15) is 9.59 Å². The molecule has 0 heterocycles. The molecule has 4 nitrogen and oxygen atoms in total. The minimum Gasteiger partial charge on any atom is -0.351 e. The third-order valence-electron chi connectivity index (χ3n) is 2.68. The monoisotopic (exact) mass is 272 g/mol. The molecule has 1 aromatic rings. The number of nitrogens with one attached hydrogen (secondary N) is 2. The van der Waals surface area contributed by atoms with Gasteiger partial charge in [-0.25, -0.2) is 0 Å². The second-order valence-electron chi connectivity index (χ2n) is 4.34. The molecule has 0 fully saturated rings. The van der Waals surface area contributed by atoms with Crippen molar-refractivity contribution in [2.24, 2.45) is 0 Å². The van der Waals surface area contributed by atoms with Crippen LogP contribution in [0.5, 0.6) is 0 Å². The Hall–Kier alpha value is -2.36. The molecule has 0 aliphatic rings. The van der Waals surface area contributed by atoms with Crippen LogP contribution in [0, 0.1) is 0 Å². The first-order valence-corrected chi connectivity index (χ1v) is 6.50. The van der Waals surface area contributed by atoms with Crippen LogP contribution in [0.15, 0.2) is 55.6 Å². The van der Waals surface area contributed by atoms with Crippen molar-refractivity contribution in [3.8, 4) is 0 Å². The average molecular weight is 272 g/mol. The van der Waals surface area contributed by atoms with Crippen molar-refractivity contribution in [2.75, 3.05) is 6.54 Å². The fourth-order valence-corrected chi connectivity index (χ4v) is 1.74. The molecule has 0 saturated heterocycles. The van der Waals surface area contributed by atoms with Gasteiger partial charge in [0, 0.05) is 19.4 Å². The third kappa shape index (κ3) is 5.52. The fraction of sp³-hybridized carbons (Fsp3) is 0.250. The van der Waals surface area contributed by atoms with Crippen molar-refractivity contribution >= 4 is 11.8 Å². The minimum absolute atomic E-state index is 0.194. The van der Waals surface area contributed by atoms with Crippen LogP contribution in [-0.2, 0) is 16.0 Å². The first kappa shape index (κ1) is 15.7. The van der Waals surface area contributed by atoms with E-state index in [4.69, 9.17) is 0 Å². The Kier molecular flexibility index (Phi) is 6.82. The molecule has 0 unspecified atom stereocenters. The number of benzene rings is 1. The van der Waals surface area contributed by atoms with Gasteiger partial charge >= 0.3 is 0 Å². The maximum atomic E-state index is 12.0. The lowest BCUT2D eigenvalue weighted by molar-refractivity contribution is -0.128. The van der Waals surface area contributed by atoms with E-state index in [1.165, 1.54) is 6.08 Å². The summed E-state index contributed by atoms with van der Waals surface area (Å²) in [6.45, 7) is 7.44. The van der Waals surface area contributed by atoms with E-state index in [0.29, 0.717) is 13.0 Å². The second kappa shape index (κ2) is 8.69. The average Bonchev–Trinajstić information content (AvgIpc) is 2.45. The topological polar surface area (TPSA) is 58.2 Å². The summed E-state index contributed by atoms with van der Waals surface area (Å²) in [6.07, 6.45) is 3.76. The molecule has 1 rings (SSSR count). The van der Waals surface area contributed by atoms with Crippen LogP contribution in [0.2, 0.25) is 0 Å². The van der Waals surface area contributed by atoms with Gasteiger partial charge in [-0.15, -0.1) is 13.2 Å². The lowest BCUT2D eigenvalue weighted by atomic mass is 10.0. The third-order valence-corrected chi connectivity index (χ3v) is 2.68. The summed E-state index contributed by atoms with van der Waals surface area (Å²) < 4.78 is 0. The Labute approximate surface area is 119 Å². The first-order chi connectivity index (χ1) is 9.67. The van der Waals surface area contributed by atoms with Crippen LogP contribution < -0.4 is 10.6 Å². The largest absolute Gasteiger partial charge is 0.351 e. The molecule has 1 aromatic carbocycles. The second-order valence-corrected chi connectivity index (χ2v) is 4.34. The summed E-state index contributed by atoms with van der Waals surface area (Å²) in [7, 11) is 0. The smallest absolute Gasteiger partial charge is 0.243 e. The van der Waals surface area contributed by atoms with Gasteiger partial charge in [-0.2, -0.15) is 0 Å². The Morgan fingerprint density at radius 3 is 2.45 bits per heavy atom. The van der Waals surface area contributed by atoms with E-state index >= 15 is 0 Å². The highest BCUT2D eigenvalue weighted by Crippen LogP contribution is 2.04. The number of hydrogen-bond donors (Lipinski definition) is 2. The number of carbonyl (C=O) groups is 2. The molecule has 0 radical (unpaired) electrons. The van der Waals surface area contributed by atoms with Crippen molar-refractivity contribution in [3.05, 3.63) is 61.2 Å². The quantitative estimate of drug-likeness (QED) is 0.706. The van der Waals surface area contributed by atoms with Gasteiger partial charge in [-0.3, -0.25) is 9.59 Å². The number of hydrogen-bond acceptors (Lipinski definition) is 2. The zero-order chi connectivity index (χ0) is 14.8. The first-order valence-electron chi connectivity index (χ1n) is 6.50. The maximum Gasteiger partial charge on any atom is 0.243 e. The highest BCUT2D eigenvalue weighted by Gasteiger charge is 2.20. The molecule has 0 aliphatic heterocycles. The van der Waals surface area contributed by atoms with Crippen LogP contribution in [0.1, 0.15) is 12.0 Å². The Balaban J connectivity index is 2.72. The maximum absolute atomic E-state index is 12.0. The van der Waals surface area contributed by atoms with Crippen molar-refractivity contribution in [3.63, 3.8) is 0 Å². The zero-order valence-electron chi connectivity index (χ0n) is 11.5. The molecule has 4 heteroatoms. The molecule has 106 valence electrons. The van der Waals surface area contributed by atoms with Gasteiger partial charge in [0.2, 0.25) is 11.8 Å². The summed E-state index contributed by atoms with van der Waals surface area (Å²) in [5.74, 6) is -0.430. The molecular formula is C16H20N2O2. The molecule has 0 aliphatic carbocycles. The van der Waals surface area contributed by atoms with E-state index in [0.717, 1.165) is 5.56 Å². The molecule has 2 N–H and O–H groups in total. The Bertz CT molecular complexity index is 469. The standard InChI is InChI=1S/C16H20N2O2/c1-3-8-15(19)18-14(16(20)17-11-4-2)12-13-9-6-5-7-10-13/h3-7,9-10,14H,1-2,8,11-12H2,(H,17,20)(H,18,19)/t14-/m0/s1. The molecule has 0 aromatic heterocycles. The SMILES string of the molecule is C=CCNC(=O)[C@H](Cc1ccccc1)NC(=O)CC=C. The van der Waals surface area contributed by atoms with Crippen LogP contribution in [-0.4, -0.2) is 24.4 Å². The Morgan fingerprint density at radius 2 is 1.85 bits per heavy atom. The van der Waals surface area contributed by atoms with Crippen molar-refractivity contribution < 1.29 is 9.59 Å². The van der Waals surface area contributed by atoms with Gasteiger partial charge in [0.15, 0.2) is 0 Å². The van der Waals surface area contributed by atoms with Crippen molar-refractivity contribution in [1.82, 2.24) is 10.6 Å². The van der Waals surface area contributed by atoms with Crippen molar-refractivity contribution in [1.29, 1.82) is 0 Å².